The largest absolute Gasteiger partial charge is 0.508 e. The van der Waals surface area contributed by atoms with Gasteiger partial charge in [-0.05, 0) is 35.4 Å². The highest BCUT2D eigenvalue weighted by Crippen LogP contribution is 2.41. The quantitative estimate of drug-likeness (QED) is 0.433. The van der Waals surface area contributed by atoms with Crippen molar-refractivity contribution in [1.82, 2.24) is 4.57 Å². The standard InChI is InChI=1S/C24H20N2O3/c1-26-13-15(9-18-12-20-22(28)10-17(27)11-23(20)29-18)24-19(3-2-4-21(24)26)14-5-7-16(25)8-6-14/h2-11,13,27-28H,12,25H2,1H3. The van der Waals surface area contributed by atoms with Crippen LogP contribution >= 0.6 is 0 Å². The molecule has 4 N–H and O–H groups in total. The Balaban J connectivity index is 1.64. The van der Waals surface area contributed by atoms with E-state index in [0.717, 1.165) is 39.0 Å². The predicted molar refractivity (Wildman–Crippen MR) is 115 cm³/mol. The number of nitrogens with two attached hydrogens (primary N) is 1. The van der Waals surface area contributed by atoms with Crippen LogP contribution in [0.15, 0.2) is 66.6 Å². The Bertz CT molecular complexity index is 1280. The molecular weight excluding hydrogens is 364 g/mol. The van der Waals surface area contributed by atoms with Crippen molar-refractivity contribution < 1.29 is 14.9 Å². The van der Waals surface area contributed by atoms with Gasteiger partial charge in [-0.15, -0.1) is 0 Å². The van der Waals surface area contributed by atoms with Crippen molar-refractivity contribution in [2.24, 2.45) is 7.05 Å². The number of hydrogen-bond acceptors (Lipinski definition) is 4. The summed E-state index contributed by atoms with van der Waals surface area (Å²) in [5, 5.41) is 20.9. The van der Waals surface area contributed by atoms with Gasteiger partial charge in [0.05, 0.1) is 0 Å². The number of phenols is 2. The van der Waals surface area contributed by atoms with E-state index in [1.807, 2.05) is 43.5 Å². The number of ether oxygens (including phenoxy) is 1. The van der Waals surface area contributed by atoms with Crippen LogP contribution in [-0.2, 0) is 13.5 Å². The van der Waals surface area contributed by atoms with Crippen molar-refractivity contribution in [1.29, 1.82) is 0 Å². The minimum absolute atomic E-state index is 0.0155. The molecule has 29 heavy (non-hydrogen) atoms. The first-order valence-electron chi connectivity index (χ1n) is 9.37. The Kier molecular flexibility index (Phi) is 3.77. The van der Waals surface area contributed by atoms with Gasteiger partial charge in [0.15, 0.2) is 0 Å². The van der Waals surface area contributed by atoms with Gasteiger partial charge in [0.2, 0.25) is 0 Å². The fraction of sp³-hybridized carbons (Fsp3) is 0.0833. The van der Waals surface area contributed by atoms with Crippen molar-refractivity contribution in [3.63, 3.8) is 0 Å². The van der Waals surface area contributed by atoms with Crippen LogP contribution in [0.3, 0.4) is 0 Å². The van der Waals surface area contributed by atoms with Gasteiger partial charge in [-0.2, -0.15) is 0 Å². The number of aromatic hydroxyl groups is 2. The van der Waals surface area contributed by atoms with Gasteiger partial charge in [-0.1, -0.05) is 24.3 Å². The zero-order chi connectivity index (χ0) is 20.1. The highest BCUT2D eigenvalue weighted by molar-refractivity contribution is 6.01. The van der Waals surface area contributed by atoms with Crippen LogP contribution in [0.2, 0.25) is 0 Å². The van der Waals surface area contributed by atoms with Crippen molar-refractivity contribution in [2.75, 3.05) is 5.73 Å². The van der Waals surface area contributed by atoms with Crippen molar-refractivity contribution >= 4 is 22.7 Å². The van der Waals surface area contributed by atoms with Crippen LogP contribution in [0.5, 0.6) is 17.2 Å². The molecule has 144 valence electrons. The summed E-state index contributed by atoms with van der Waals surface area (Å²) >= 11 is 0. The van der Waals surface area contributed by atoms with Crippen LogP contribution in [0.1, 0.15) is 11.1 Å². The number of aromatic nitrogens is 1. The highest BCUT2D eigenvalue weighted by atomic mass is 16.5. The average Bonchev–Trinajstić information content (AvgIpc) is 3.24. The van der Waals surface area contributed by atoms with Crippen LogP contribution in [0.25, 0.3) is 28.1 Å². The van der Waals surface area contributed by atoms with Gasteiger partial charge >= 0.3 is 0 Å². The number of aryl methyl sites for hydroxylation is 1. The summed E-state index contributed by atoms with van der Waals surface area (Å²) < 4.78 is 8.00. The Morgan fingerprint density at radius 3 is 2.66 bits per heavy atom. The molecule has 5 heteroatoms. The number of nitrogen functional groups attached to an aromatic ring is 1. The topological polar surface area (TPSA) is 80.6 Å². The number of nitrogens with zero attached hydrogens (tertiary/aromatic N) is 1. The number of hydrogen-bond donors (Lipinski definition) is 3. The zero-order valence-electron chi connectivity index (χ0n) is 15.9. The molecule has 0 atom stereocenters. The third-order valence-electron chi connectivity index (χ3n) is 5.34. The van der Waals surface area contributed by atoms with E-state index in [1.54, 1.807) is 0 Å². The Morgan fingerprint density at radius 2 is 1.86 bits per heavy atom. The predicted octanol–water partition coefficient (Wildman–Crippen LogP) is 4.81. The molecule has 1 aliphatic heterocycles. The van der Waals surface area contributed by atoms with Crippen molar-refractivity contribution in [2.45, 2.75) is 6.42 Å². The first-order valence-corrected chi connectivity index (χ1v) is 9.37. The highest BCUT2D eigenvalue weighted by Gasteiger charge is 2.23. The van der Waals surface area contributed by atoms with Crippen LogP contribution in [0, 0.1) is 0 Å². The maximum absolute atomic E-state index is 10.1. The third kappa shape index (κ3) is 2.88. The van der Waals surface area contributed by atoms with E-state index in [0.29, 0.717) is 17.7 Å². The lowest BCUT2D eigenvalue weighted by Gasteiger charge is -2.07. The monoisotopic (exact) mass is 384 g/mol. The van der Waals surface area contributed by atoms with E-state index in [2.05, 4.69) is 22.9 Å². The molecular formula is C24H20N2O3. The Hall–Kier alpha value is -3.86. The van der Waals surface area contributed by atoms with Gasteiger partial charge in [0, 0.05) is 59.5 Å². The van der Waals surface area contributed by atoms with E-state index >= 15 is 0 Å². The number of anilines is 1. The molecule has 0 saturated carbocycles. The van der Waals surface area contributed by atoms with E-state index < -0.39 is 0 Å². The number of benzene rings is 3. The molecule has 0 spiro atoms. The summed E-state index contributed by atoms with van der Waals surface area (Å²) in [4.78, 5) is 0. The lowest BCUT2D eigenvalue weighted by molar-refractivity contribution is 0.430. The molecule has 1 aliphatic rings. The molecule has 0 aliphatic carbocycles. The number of phenolic OH excluding ortho intramolecular Hbond substituents is 2. The summed E-state index contributed by atoms with van der Waals surface area (Å²) in [6, 6.07) is 17.0. The Morgan fingerprint density at radius 1 is 1.07 bits per heavy atom. The first-order chi connectivity index (χ1) is 14.0. The third-order valence-corrected chi connectivity index (χ3v) is 5.34. The van der Waals surface area contributed by atoms with Gasteiger partial charge < -0.3 is 25.3 Å². The summed E-state index contributed by atoms with van der Waals surface area (Å²) in [5.74, 6) is 1.25. The molecule has 3 aromatic carbocycles. The van der Waals surface area contributed by atoms with E-state index in [9.17, 15) is 10.2 Å². The van der Waals surface area contributed by atoms with Gasteiger partial charge in [-0.3, -0.25) is 0 Å². The van der Waals surface area contributed by atoms with Crippen LogP contribution in [0.4, 0.5) is 5.69 Å². The summed E-state index contributed by atoms with van der Waals surface area (Å²) in [5.41, 5.74) is 11.6. The first kappa shape index (κ1) is 17.3. The van der Waals surface area contributed by atoms with E-state index in [-0.39, 0.29) is 11.5 Å². The van der Waals surface area contributed by atoms with Crippen LogP contribution < -0.4 is 10.5 Å². The number of fused-ring (bicyclic) bond motifs is 2. The molecule has 2 heterocycles. The second kappa shape index (κ2) is 6.34. The second-order valence-corrected chi connectivity index (χ2v) is 7.35. The van der Waals surface area contributed by atoms with Gasteiger partial charge in [-0.25, -0.2) is 0 Å². The number of rotatable bonds is 2. The van der Waals surface area contributed by atoms with Crippen LogP contribution in [-0.4, -0.2) is 14.8 Å². The molecule has 0 radical (unpaired) electrons. The normalized spacial score (nSPS) is 14.3. The van der Waals surface area contributed by atoms with E-state index in [4.69, 9.17) is 10.5 Å². The van der Waals surface area contributed by atoms with Gasteiger partial charge in [0.25, 0.3) is 0 Å². The fourth-order valence-corrected chi connectivity index (χ4v) is 3.98. The lowest BCUT2D eigenvalue weighted by Crippen LogP contribution is -1.88. The Labute approximate surface area is 167 Å². The molecule has 0 bridgehead atoms. The molecule has 5 rings (SSSR count). The smallest absolute Gasteiger partial charge is 0.137 e. The summed E-state index contributed by atoms with van der Waals surface area (Å²) in [6.45, 7) is 0. The SMILES string of the molecule is Cn1cc(C=C2Cc3c(O)cc(O)cc3O2)c2c(-c3ccc(N)cc3)cccc21. The number of allylic oxidation sites excluding steroid dienone is 1. The molecule has 4 aromatic rings. The maximum atomic E-state index is 10.1. The zero-order valence-corrected chi connectivity index (χ0v) is 15.9. The molecule has 1 aromatic heterocycles. The van der Waals surface area contributed by atoms with Crippen molar-refractivity contribution in [3.8, 4) is 28.4 Å². The van der Waals surface area contributed by atoms with Gasteiger partial charge in [0.1, 0.15) is 23.0 Å². The minimum atomic E-state index is -0.0155. The van der Waals surface area contributed by atoms with E-state index in [1.165, 1.54) is 12.1 Å². The fourth-order valence-electron chi connectivity index (χ4n) is 3.98. The summed E-state index contributed by atoms with van der Waals surface area (Å²) in [6.07, 6.45) is 4.55. The van der Waals surface area contributed by atoms with Crippen molar-refractivity contribution in [3.05, 3.63) is 77.7 Å². The molecule has 5 nitrogen and oxygen atoms in total. The average molecular weight is 384 g/mol. The molecule has 0 fully saturated rings. The molecule has 0 amide bonds. The maximum Gasteiger partial charge on any atom is 0.137 e. The second-order valence-electron chi connectivity index (χ2n) is 7.35. The lowest BCUT2D eigenvalue weighted by atomic mass is 9.98. The summed E-state index contributed by atoms with van der Waals surface area (Å²) in [7, 11) is 2.02. The molecule has 0 unspecified atom stereocenters. The minimum Gasteiger partial charge on any atom is -0.508 e. The molecule has 0 saturated heterocycles.